The average Bonchev–Trinajstić information content (AvgIpc) is 2.75. The topological polar surface area (TPSA) is 28.7 Å². The summed E-state index contributed by atoms with van der Waals surface area (Å²) < 4.78 is 1.10. The Kier molecular flexibility index (Phi) is 5.24. The van der Waals surface area contributed by atoms with E-state index in [1.807, 2.05) is 6.07 Å². The minimum absolute atomic E-state index is 1.07. The van der Waals surface area contributed by atoms with Crippen molar-refractivity contribution in [3.63, 3.8) is 0 Å². The van der Waals surface area contributed by atoms with Crippen molar-refractivity contribution in [2.24, 2.45) is 0 Å². The van der Waals surface area contributed by atoms with Crippen molar-refractivity contribution in [2.45, 2.75) is 51.9 Å². The summed E-state index contributed by atoms with van der Waals surface area (Å²) in [6.45, 7) is 2.26. The molecule has 0 bridgehead atoms. The van der Waals surface area contributed by atoms with Crippen molar-refractivity contribution in [1.82, 2.24) is 9.97 Å². The lowest BCUT2D eigenvalue weighted by Gasteiger charge is -1.98. The summed E-state index contributed by atoms with van der Waals surface area (Å²) in [5.74, 6) is 1.12. The number of benzene rings is 1. The van der Waals surface area contributed by atoms with Crippen LogP contribution in [-0.2, 0) is 6.42 Å². The van der Waals surface area contributed by atoms with Crippen LogP contribution in [0.25, 0.3) is 11.0 Å². The number of unbranched alkanes of at least 4 members (excludes halogenated alkanes) is 5. The molecule has 3 heteroatoms. The molecule has 0 aliphatic heterocycles. The summed E-state index contributed by atoms with van der Waals surface area (Å²) in [5, 5.41) is 0. The second kappa shape index (κ2) is 6.93. The molecule has 18 heavy (non-hydrogen) atoms. The number of aromatic amines is 1. The quantitative estimate of drug-likeness (QED) is 0.697. The van der Waals surface area contributed by atoms with E-state index in [1.54, 1.807) is 0 Å². The molecule has 2 rings (SSSR count). The van der Waals surface area contributed by atoms with Crippen LogP contribution in [0.5, 0.6) is 0 Å². The van der Waals surface area contributed by atoms with E-state index in [0.29, 0.717) is 0 Å². The molecule has 0 aliphatic carbocycles. The highest BCUT2D eigenvalue weighted by molar-refractivity contribution is 9.10. The van der Waals surface area contributed by atoms with Gasteiger partial charge in [-0.15, -0.1) is 0 Å². The molecular formula is C15H21BrN2. The highest BCUT2D eigenvalue weighted by Crippen LogP contribution is 2.18. The largest absolute Gasteiger partial charge is 0.342 e. The van der Waals surface area contributed by atoms with Gasteiger partial charge in [-0.1, -0.05) is 55.0 Å². The van der Waals surface area contributed by atoms with E-state index in [4.69, 9.17) is 0 Å². The summed E-state index contributed by atoms with van der Waals surface area (Å²) in [6, 6.07) is 6.19. The predicted octanol–water partition coefficient (Wildman–Crippen LogP) is 5.23. The first-order chi connectivity index (χ1) is 8.79. The minimum Gasteiger partial charge on any atom is -0.342 e. The van der Waals surface area contributed by atoms with E-state index in [1.165, 1.54) is 38.5 Å². The summed E-state index contributed by atoms with van der Waals surface area (Å²) >= 11 is 3.48. The van der Waals surface area contributed by atoms with Crippen molar-refractivity contribution < 1.29 is 0 Å². The fraction of sp³-hybridized carbons (Fsp3) is 0.533. The monoisotopic (exact) mass is 308 g/mol. The van der Waals surface area contributed by atoms with Gasteiger partial charge in [0.2, 0.25) is 0 Å². The van der Waals surface area contributed by atoms with Crippen molar-refractivity contribution in [3.05, 3.63) is 28.5 Å². The number of nitrogens with zero attached hydrogens (tertiary/aromatic N) is 1. The van der Waals surface area contributed by atoms with Crippen molar-refractivity contribution >= 4 is 27.0 Å². The van der Waals surface area contributed by atoms with Gasteiger partial charge < -0.3 is 4.98 Å². The number of halogens is 1. The van der Waals surface area contributed by atoms with Gasteiger partial charge in [-0.3, -0.25) is 0 Å². The zero-order valence-electron chi connectivity index (χ0n) is 11.0. The fourth-order valence-corrected chi connectivity index (χ4v) is 2.59. The zero-order valence-corrected chi connectivity index (χ0v) is 12.6. The molecule has 0 fully saturated rings. The first-order valence-electron chi connectivity index (χ1n) is 6.93. The van der Waals surface area contributed by atoms with Crippen LogP contribution in [0.4, 0.5) is 0 Å². The highest BCUT2D eigenvalue weighted by Gasteiger charge is 2.02. The summed E-state index contributed by atoms with van der Waals surface area (Å²) in [6.07, 6.45) is 9.06. The number of aryl methyl sites for hydroxylation is 1. The number of aromatic nitrogens is 2. The van der Waals surface area contributed by atoms with Gasteiger partial charge in [-0.2, -0.15) is 0 Å². The third-order valence-electron chi connectivity index (χ3n) is 3.26. The van der Waals surface area contributed by atoms with Gasteiger partial charge in [-0.05, 0) is 24.6 Å². The second-order valence-electron chi connectivity index (χ2n) is 4.86. The Balaban J connectivity index is 1.81. The molecule has 0 aliphatic rings. The molecule has 0 unspecified atom stereocenters. The molecule has 0 spiro atoms. The normalized spacial score (nSPS) is 11.2. The average molecular weight is 309 g/mol. The Labute approximate surface area is 117 Å². The van der Waals surface area contributed by atoms with Gasteiger partial charge >= 0.3 is 0 Å². The van der Waals surface area contributed by atoms with E-state index < -0.39 is 0 Å². The number of hydrogen-bond donors (Lipinski definition) is 1. The van der Waals surface area contributed by atoms with Gasteiger partial charge in [0.15, 0.2) is 0 Å². The maximum atomic E-state index is 4.61. The van der Waals surface area contributed by atoms with Crippen molar-refractivity contribution in [1.29, 1.82) is 0 Å². The van der Waals surface area contributed by atoms with Crippen molar-refractivity contribution in [3.8, 4) is 0 Å². The Morgan fingerprint density at radius 1 is 1.11 bits per heavy atom. The number of nitrogens with one attached hydrogen (secondary N) is 1. The SMILES string of the molecule is CCCCCCCCc1nc2ccc(Br)cc2[nH]1. The highest BCUT2D eigenvalue weighted by atomic mass is 79.9. The van der Waals surface area contributed by atoms with Crippen LogP contribution >= 0.6 is 15.9 Å². The molecule has 0 saturated heterocycles. The molecule has 1 aromatic heterocycles. The lowest BCUT2D eigenvalue weighted by Crippen LogP contribution is -1.88. The standard InChI is InChI=1S/C15H21BrN2/c1-2-3-4-5-6-7-8-15-17-13-10-9-12(16)11-14(13)18-15/h9-11H,2-8H2,1H3,(H,17,18). The lowest BCUT2D eigenvalue weighted by atomic mass is 10.1. The molecule has 1 heterocycles. The van der Waals surface area contributed by atoms with E-state index >= 15 is 0 Å². The number of H-pyrrole nitrogens is 1. The van der Waals surface area contributed by atoms with Crippen LogP contribution in [-0.4, -0.2) is 9.97 Å². The molecule has 0 radical (unpaired) electrons. The number of rotatable bonds is 7. The maximum Gasteiger partial charge on any atom is 0.107 e. The van der Waals surface area contributed by atoms with Gasteiger partial charge in [0.25, 0.3) is 0 Å². The molecule has 2 nitrogen and oxygen atoms in total. The van der Waals surface area contributed by atoms with Crippen LogP contribution in [0.2, 0.25) is 0 Å². The van der Waals surface area contributed by atoms with Gasteiger partial charge in [0.05, 0.1) is 11.0 Å². The number of imidazole rings is 1. The van der Waals surface area contributed by atoms with E-state index in [0.717, 1.165) is 27.8 Å². The Hall–Kier alpha value is -0.830. The lowest BCUT2D eigenvalue weighted by molar-refractivity contribution is 0.602. The molecule has 98 valence electrons. The van der Waals surface area contributed by atoms with Crippen LogP contribution in [0.3, 0.4) is 0 Å². The first kappa shape index (κ1) is 13.6. The molecule has 0 atom stereocenters. The molecule has 2 aromatic rings. The molecule has 0 saturated carbocycles. The van der Waals surface area contributed by atoms with E-state index in [-0.39, 0.29) is 0 Å². The van der Waals surface area contributed by atoms with E-state index in [2.05, 4.69) is 45.0 Å². The molecule has 0 amide bonds. The minimum atomic E-state index is 1.07. The van der Waals surface area contributed by atoms with E-state index in [9.17, 15) is 0 Å². The summed E-state index contributed by atoms with van der Waals surface area (Å²) in [4.78, 5) is 8.01. The van der Waals surface area contributed by atoms with Gasteiger partial charge in [0.1, 0.15) is 5.82 Å². The van der Waals surface area contributed by atoms with Crippen LogP contribution in [0.1, 0.15) is 51.3 Å². The zero-order chi connectivity index (χ0) is 12.8. The number of fused-ring (bicyclic) bond motifs is 1. The Morgan fingerprint density at radius 3 is 2.72 bits per heavy atom. The predicted molar refractivity (Wildman–Crippen MR) is 80.9 cm³/mol. The Bertz CT molecular complexity index is 490. The third kappa shape index (κ3) is 3.84. The van der Waals surface area contributed by atoms with Crippen LogP contribution < -0.4 is 0 Å². The van der Waals surface area contributed by atoms with Gasteiger partial charge in [0, 0.05) is 10.9 Å². The number of hydrogen-bond acceptors (Lipinski definition) is 1. The van der Waals surface area contributed by atoms with Crippen molar-refractivity contribution in [2.75, 3.05) is 0 Å². The first-order valence-corrected chi connectivity index (χ1v) is 7.73. The summed E-state index contributed by atoms with van der Waals surface area (Å²) in [7, 11) is 0. The second-order valence-corrected chi connectivity index (χ2v) is 5.78. The fourth-order valence-electron chi connectivity index (χ4n) is 2.23. The smallest absolute Gasteiger partial charge is 0.107 e. The Morgan fingerprint density at radius 2 is 1.89 bits per heavy atom. The molecular weight excluding hydrogens is 288 g/mol. The van der Waals surface area contributed by atoms with Gasteiger partial charge in [-0.25, -0.2) is 4.98 Å². The summed E-state index contributed by atoms with van der Waals surface area (Å²) in [5.41, 5.74) is 2.20. The molecule has 1 N–H and O–H groups in total. The van der Waals surface area contributed by atoms with Crippen LogP contribution in [0, 0.1) is 0 Å². The third-order valence-corrected chi connectivity index (χ3v) is 3.75. The van der Waals surface area contributed by atoms with Crippen LogP contribution in [0.15, 0.2) is 22.7 Å². The molecule has 1 aromatic carbocycles. The maximum absolute atomic E-state index is 4.61.